The van der Waals surface area contributed by atoms with Crippen molar-refractivity contribution < 1.29 is 11.6 Å². The predicted molar refractivity (Wildman–Crippen MR) is 208 cm³/mol. The van der Waals surface area contributed by atoms with Gasteiger partial charge >= 0.3 is 0 Å². The number of anilines is 3. The molecular weight excluding hydrogens is 607 g/mol. The molecule has 0 atom stereocenters. The molecule has 1 aliphatic heterocycles. The SMILES string of the molecule is [2H]c1c([2H])c([2H])c(-c2ccc3c(c2)-c2ccccc2Oc2cc(N(c4ccc(-c5ccccc5)cc4)c4ccc(-c5ccccc5)cc4)ccc2-3)c([2H])c1[2H]. The fourth-order valence-electron chi connectivity index (χ4n) is 6.72. The van der Waals surface area contributed by atoms with E-state index in [1.807, 2.05) is 78.9 Å². The van der Waals surface area contributed by atoms with Gasteiger partial charge in [-0.25, -0.2) is 0 Å². The summed E-state index contributed by atoms with van der Waals surface area (Å²) in [5.74, 6) is 1.33. The van der Waals surface area contributed by atoms with Crippen LogP contribution in [0.25, 0.3) is 55.6 Å². The monoisotopic (exact) mass is 644 g/mol. The molecule has 0 N–H and O–H groups in total. The summed E-state index contributed by atoms with van der Waals surface area (Å²) in [6.45, 7) is 0. The third-order valence-corrected chi connectivity index (χ3v) is 9.18. The van der Waals surface area contributed by atoms with Gasteiger partial charge in [-0.05, 0) is 93.0 Å². The van der Waals surface area contributed by atoms with Crippen LogP contribution < -0.4 is 9.64 Å². The van der Waals surface area contributed by atoms with E-state index in [1.54, 1.807) is 0 Å². The molecule has 1 aliphatic rings. The summed E-state index contributed by atoms with van der Waals surface area (Å²) in [5, 5.41) is 0. The highest BCUT2D eigenvalue weighted by atomic mass is 16.5. The van der Waals surface area contributed by atoms with Crippen LogP contribution in [0, 0.1) is 0 Å². The van der Waals surface area contributed by atoms with Crippen molar-refractivity contribution >= 4 is 17.1 Å². The average Bonchev–Trinajstić information content (AvgIpc) is 3.37. The van der Waals surface area contributed by atoms with Gasteiger partial charge in [0, 0.05) is 34.3 Å². The minimum absolute atomic E-state index is 0.166. The van der Waals surface area contributed by atoms with E-state index in [0.29, 0.717) is 17.1 Å². The Balaban J connectivity index is 1.18. The molecule has 0 aromatic heterocycles. The Morgan fingerprint density at radius 2 is 0.840 bits per heavy atom. The quantitative estimate of drug-likeness (QED) is 0.179. The van der Waals surface area contributed by atoms with Crippen molar-refractivity contribution in [2.24, 2.45) is 0 Å². The van der Waals surface area contributed by atoms with Gasteiger partial charge in [0.05, 0.1) is 6.85 Å². The van der Waals surface area contributed by atoms with E-state index in [1.165, 1.54) is 0 Å². The number of nitrogens with zero attached hydrogens (tertiary/aromatic N) is 1. The minimum atomic E-state index is -0.412. The summed E-state index contributed by atoms with van der Waals surface area (Å²) in [4.78, 5) is 2.23. The number of fused-ring (bicyclic) bond motifs is 5. The maximum Gasteiger partial charge on any atom is 0.137 e. The number of ether oxygens (including phenoxy) is 1. The summed E-state index contributed by atoms with van der Waals surface area (Å²) >= 11 is 0. The molecule has 2 heteroatoms. The first kappa shape index (κ1) is 24.5. The number of para-hydroxylation sites is 1. The van der Waals surface area contributed by atoms with Gasteiger partial charge in [-0.3, -0.25) is 0 Å². The largest absolute Gasteiger partial charge is 0.456 e. The van der Waals surface area contributed by atoms with Crippen LogP contribution in [-0.2, 0) is 0 Å². The second-order valence-corrected chi connectivity index (χ2v) is 12.2. The molecule has 0 spiro atoms. The fraction of sp³-hybridized carbons (Fsp3) is 0. The second kappa shape index (κ2) is 12.8. The second-order valence-electron chi connectivity index (χ2n) is 12.2. The summed E-state index contributed by atoms with van der Waals surface area (Å²) in [7, 11) is 0. The topological polar surface area (TPSA) is 12.5 Å². The Kier molecular flexibility index (Phi) is 6.25. The van der Waals surface area contributed by atoms with E-state index in [-0.39, 0.29) is 29.7 Å². The van der Waals surface area contributed by atoms with Gasteiger partial charge in [-0.2, -0.15) is 0 Å². The van der Waals surface area contributed by atoms with Crippen LogP contribution in [0.15, 0.2) is 200 Å². The lowest BCUT2D eigenvalue weighted by molar-refractivity contribution is 0.488. The van der Waals surface area contributed by atoms with E-state index < -0.39 is 6.04 Å². The Bertz CT molecular complexity index is 2600. The van der Waals surface area contributed by atoms with Gasteiger partial charge in [0.1, 0.15) is 11.5 Å². The molecule has 1 heterocycles. The minimum Gasteiger partial charge on any atom is -0.456 e. The lowest BCUT2D eigenvalue weighted by atomic mass is 9.91. The Morgan fingerprint density at radius 3 is 1.48 bits per heavy atom. The van der Waals surface area contributed by atoms with Crippen LogP contribution in [0.1, 0.15) is 6.85 Å². The predicted octanol–water partition coefficient (Wildman–Crippen LogP) is 13.6. The molecule has 50 heavy (non-hydrogen) atoms. The van der Waals surface area contributed by atoms with E-state index in [0.717, 1.165) is 61.6 Å². The van der Waals surface area contributed by atoms with E-state index in [9.17, 15) is 0 Å². The van der Waals surface area contributed by atoms with Crippen molar-refractivity contribution in [3.05, 3.63) is 200 Å². The number of rotatable bonds is 6. The van der Waals surface area contributed by atoms with Crippen LogP contribution in [-0.4, -0.2) is 0 Å². The number of hydrogen-bond acceptors (Lipinski definition) is 2. The van der Waals surface area contributed by atoms with Crippen molar-refractivity contribution in [3.8, 4) is 67.1 Å². The Morgan fingerprint density at radius 1 is 0.340 bits per heavy atom. The fourth-order valence-corrected chi connectivity index (χ4v) is 6.72. The average molecular weight is 645 g/mol. The highest BCUT2D eigenvalue weighted by Crippen LogP contribution is 2.49. The highest BCUT2D eigenvalue weighted by molar-refractivity contribution is 5.94. The third kappa shape index (κ3) is 5.53. The van der Waals surface area contributed by atoms with Crippen molar-refractivity contribution in [3.63, 3.8) is 0 Å². The molecule has 0 fully saturated rings. The molecule has 8 aromatic rings. The zero-order valence-corrected chi connectivity index (χ0v) is 27.0. The normalized spacial score (nSPS) is 12.8. The van der Waals surface area contributed by atoms with Gasteiger partial charge in [0.2, 0.25) is 0 Å². The van der Waals surface area contributed by atoms with Gasteiger partial charge in [0.25, 0.3) is 0 Å². The number of benzene rings is 8. The van der Waals surface area contributed by atoms with Crippen molar-refractivity contribution in [1.29, 1.82) is 0 Å². The summed E-state index contributed by atoms with van der Waals surface area (Å²) in [5.41, 5.74) is 11.6. The first-order valence-corrected chi connectivity index (χ1v) is 16.6. The molecule has 0 amide bonds. The Labute approximate surface area is 300 Å². The third-order valence-electron chi connectivity index (χ3n) is 9.18. The summed E-state index contributed by atoms with van der Waals surface area (Å²) < 4.78 is 48.7. The molecule has 236 valence electrons. The maximum atomic E-state index is 8.63. The molecule has 0 saturated heterocycles. The van der Waals surface area contributed by atoms with Crippen LogP contribution in [0.2, 0.25) is 0 Å². The first-order valence-electron chi connectivity index (χ1n) is 19.1. The standard InChI is InChI=1S/C48H33NO/c1-4-12-34(13-5-1)37-20-25-40(26-21-37)49(41-27-22-38(23-28-41)35-14-6-2-7-15-35)42-29-31-45-43-30-24-39(36-16-8-3-9-17-36)32-46(43)44-18-10-11-19-47(44)50-48(45)33-42/h1-33H/i3D,8D,9D,16D,17D. The van der Waals surface area contributed by atoms with E-state index >= 15 is 0 Å². The van der Waals surface area contributed by atoms with Gasteiger partial charge in [-0.1, -0.05) is 145 Å². The van der Waals surface area contributed by atoms with Gasteiger partial charge in [-0.15, -0.1) is 0 Å². The zero-order chi connectivity index (χ0) is 37.6. The molecule has 0 saturated carbocycles. The molecular formula is C48H33NO. The lowest BCUT2D eigenvalue weighted by Crippen LogP contribution is -2.10. The number of hydrogen-bond donors (Lipinski definition) is 0. The van der Waals surface area contributed by atoms with Gasteiger partial charge < -0.3 is 9.64 Å². The molecule has 0 aliphatic carbocycles. The van der Waals surface area contributed by atoms with E-state index in [2.05, 4.69) is 95.9 Å². The van der Waals surface area contributed by atoms with Crippen molar-refractivity contribution in [1.82, 2.24) is 0 Å². The maximum absolute atomic E-state index is 8.63. The molecule has 9 rings (SSSR count). The smallest absolute Gasteiger partial charge is 0.137 e. The summed E-state index contributed by atoms with van der Waals surface area (Å²) in [6.07, 6.45) is 0. The molecule has 0 bridgehead atoms. The first-order chi connectivity index (χ1) is 26.9. The zero-order valence-electron chi connectivity index (χ0n) is 32.0. The molecule has 2 nitrogen and oxygen atoms in total. The van der Waals surface area contributed by atoms with Gasteiger partial charge in [0.15, 0.2) is 0 Å². The molecule has 0 radical (unpaired) electrons. The Hall–Kier alpha value is -6.64. The highest BCUT2D eigenvalue weighted by Gasteiger charge is 2.23. The van der Waals surface area contributed by atoms with Crippen LogP contribution in [0.3, 0.4) is 0 Å². The molecule has 0 unspecified atom stereocenters. The van der Waals surface area contributed by atoms with Crippen LogP contribution >= 0.6 is 0 Å². The van der Waals surface area contributed by atoms with Crippen LogP contribution in [0.5, 0.6) is 11.5 Å². The van der Waals surface area contributed by atoms with Crippen molar-refractivity contribution in [2.45, 2.75) is 0 Å². The lowest BCUT2D eigenvalue weighted by Gasteiger charge is -2.27. The molecule has 8 aromatic carbocycles. The van der Waals surface area contributed by atoms with Crippen molar-refractivity contribution in [2.75, 3.05) is 4.90 Å². The van der Waals surface area contributed by atoms with E-state index in [4.69, 9.17) is 11.6 Å². The summed E-state index contributed by atoms with van der Waals surface area (Å²) in [6, 6.07) is 56.0. The van der Waals surface area contributed by atoms with Crippen LogP contribution in [0.4, 0.5) is 17.1 Å².